The van der Waals surface area contributed by atoms with Gasteiger partial charge in [-0.1, -0.05) is 18.2 Å². The molecule has 1 aromatic carbocycles. The topological polar surface area (TPSA) is 72.0 Å². The third kappa shape index (κ3) is 4.09. The average molecular weight is 410 g/mol. The average Bonchev–Trinajstić information content (AvgIpc) is 2.88. The first-order valence-electron chi connectivity index (χ1n) is 8.41. The van der Waals surface area contributed by atoms with Gasteiger partial charge in [0.15, 0.2) is 11.9 Å². The molecule has 1 atom stereocenters. The normalized spacial score (nSPS) is 12.9. The van der Waals surface area contributed by atoms with Gasteiger partial charge in [0.25, 0.3) is 5.56 Å². The van der Waals surface area contributed by atoms with Crippen LogP contribution in [0, 0.1) is 13.8 Å². The number of aryl methyl sites for hydroxylation is 2. The van der Waals surface area contributed by atoms with Gasteiger partial charge in [-0.2, -0.15) is 13.2 Å². The van der Waals surface area contributed by atoms with Crippen LogP contribution in [0.15, 0.2) is 29.1 Å². The number of hydrogen-bond donors (Lipinski definition) is 1. The van der Waals surface area contributed by atoms with Crippen LogP contribution in [0.4, 0.5) is 13.2 Å². The molecule has 0 aliphatic heterocycles. The molecule has 0 amide bonds. The number of ether oxygens (including phenoxy) is 1. The molecule has 3 rings (SSSR count). The molecule has 148 valence electrons. The summed E-state index contributed by atoms with van der Waals surface area (Å²) in [6.07, 6.45) is -5.65. The van der Waals surface area contributed by atoms with Crippen molar-refractivity contribution in [3.8, 4) is 0 Å². The van der Waals surface area contributed by atoms with E-state index in [2.05, 4.69) is 9.97 Å². The van der Waals surface area contributed by atoms with Gasteiger partial charge in [0.1, 0.15) is 4.83 Å². The quantitative estimate of drug-likeness (QED) is 0.645. The standard InChI is InChI=1S/C19H17F3N2O3S/c1-9-11(3)28-18-15(9)17(26)23-16(24-18)10(2)27-14(25)8-12-5-4-6-13(7-12)19(20,21)22/h4-7,10H,8H2,1-3H3,(H,23,24,26)/t10-/m0/s1. The summed E-state index contributed by atoms with van der Waals surface area (Å²) in [6.45, 7) is 5.27. The van der Waals surface area contributed by atoms with Crippen LogP contribution in [0.25, 0.3) is 10.2 Å². The highest BCUT2D eigenvalue weighted by Crippen LogP contribution is 2.30. The van der Waals surface area contributed by atoms with Gasteiger partial charge in [-0.05, 0) is 38.0 Å². The number of nitrogens with zero attached hydrogens (tertiary/aromatic N) is 1. The first kappa shape index (κ1) is 20.1. The maximum absolute atomic E-state index is 12.8. The van der Waals surface area contributed by atoms with E-state index in [4.69, 9.17) is 4.74 Å². The van der Waals surface area contributed by atoms with Gasteiger partial charge in [-0.3, -0.25) is 9.59 Å². The molecule has 0 saturated carbocycles. The highest BCUT2D eigenvalue weighted by atomic mass is 32.1. The molecule has 0 radical (unpaired) electrons. The number of rotatable bonds is 4. The lowest BCUT2D eigenvalue weighted by Crippen LogP contribution is -2.18. The summed E-state index contributed by atoms with van der Waals surface area (Å²) in [5.74, 6) is -0.524. The largest absolute Gasteiger partial charge is 0.454 e. The SMILES string of the molecule is Cc1sc2nc([C@H](C)OC(=O)Cc3cccc(C(F)(F)F)c3)[nH]c(=O)c2c1C. The van der Waals surface area contributed by atoms with E-state index in [9.17, 15) is 22.8 Å². The number of aromatic amines is 1. The van der Waals surface area contributed by atoms with Crippen molar-refractivity contribution in [2.45, 2.75) is 39.5 Å². The van der Waals surface area contributed by atoms with Crippen LogP contribution in [0.5, 0.6) is 0 Å². The van der Waals surface area contributed by atoms with Crippen molar-refractivity contribution >= 4 is 27.5 Å². The Bertz CT molecular complexity index is 1100. The number of H-pyrrole nitrogens is 1. The molecule has 2 aromatic heterocycles. The number of carbonyl (C=O) groups is 1. The summed E-state index contributed by atoms with van der Waals surface area (Å²) in [7, 11) is 0. The van der Waals surface area contributed by atoms with E-state index >= 15 is 0 Å². The number of hydrogen-bond acceptors (Lipinski definition) is 5. The molecule has 0 bridgehead atoms. The number of thiophene rings is 1. The minimum atomic E-state index is -4.48. The molecule has 2 heterocycles. The molecule has 9 heteroatoms. The molecule has 28 heavy (non-hydrogen) atoms. The van der Waals surface area contributed by atoms with Crippen LogP contribution >= 0.6 is 11.3 Å². The monoisotopic (exact) mass is 410 g/mol. The molecule has 0 aliphatic rings. The third-order valence-electron chi connectivity index (χ3n) is 4.35. The van der Waals surface area contributed by atoms with E-state index < -0.39 is 23.8 Å². The van der Waals surface area contributed by atoms with Crippen molar-refractivity contribution in [2.75, 3.05) is 0 Å². The molecule has 1 N–H and O–H groups in total. The van der Waals surface area contributed by atoms with Crippen molar-refractivity contribution in [1.29, 1.82) is 0 Å². The van der Waals surface area contributed by atoms with E-state index in [1.165, 1.54) is 23.5 Å². The summed E-state index contributed by atoms with van der Waals surface area (Å²) < 4.78 is 43.6. The number of esters is 1. The molecule has 0 unspecified atom stereocenters. The molecule has 5 nitrogen and oxygen atoms in total. The zero-order valence-electron chi connectivity index (χ0n) is 15.3. The van der Waals surface area contributed by atoms with Gasteiger partial charge in [0.2, 0.25) is 0 Å². The van der Waals surface area contributed by atoms with Gasteiger partial charge in [-0.15, -0.1) is 11.3 Å². The van der Waals surface area contributed by atoms with Crippen molar-refractivity contribution in [2.24, 2.45) is 0 Å². The Morgan fingerprint density at radius 1 is 1.32 bits per heavy atom. The summed E-state index contributed by atoms with van der Waals surface area (Å²) >= 11 is 1.37. The fourth-order valence-corrected chi connectivity index (χ4v) is 3.82. The van der Waals surface area contributed by atoms with E-state index in [0.717, 1.165) is 22.6 Å². The number of halogens is 3. The van der Waals surface area contributed by atoms with Gasteiger partial charge in [-0.25, -0.2) is 4.98 Å². The Morgan fingerprint density at radius 3 is 2.71 bits per heavy atom. The van der Waals surface area contributed by atoms with Crippen molar-refractivity contribution in [3.05, 3.63) is 62.0 Å². The smallest absolute Gasteiger partial charge is 0.416 e. The van der Waals surface area contributed by atoms with Crippen molar-refractivity contribution in [3.63, 3.8) is 0 Å². The number of benzene rings is 1. The lowest BCUT2D eigenvalue weighted by atomic mass is 10.1. The van der Waals surface area contributed by atoms with Crippen LogP contribution < -0.4 is 5.56 Å². The lowest BCUT2D eigenvalue weighted by Gasteiger charge is -2.13. The Hall–Kier alpha value is -2.68. The van der Waals surface area contributed by atoms with E-state index in [1.54, 1.807) is 6.92 Å². The predicted octanol–water partition coefficient (Wildman–Crippen LogP) is 4.47. The number of aromatic nitrogens is 2. The zero-order valence-corrected chi connectivity index (χ0v) is 16.1. The summed E-state index contributed by atoms with van der Waals surface area (Å²) in [5, 5.41) is 0.508. The van der Waals surface area contributed by atoms with E-state index in [-0.39, 0.29) is 23.4 Å². The molecule has 3 aromatic rings. The molecule has 0 aliphatic carbocycles. The zero-order chi connectivity index (χ0) is 20.6. The Labute approximate surface area is 162 Å². The third-order valence-corrected chi connectivity index (χ3v) is 5.45. The summed E-state index contributed by atoms with van der Waals surface area (Å²) in [4.78, 5) is 33.0. The maximum Gasteiger partial charge on any atom is 0.416 e. The second-order valence-corrected chi connectivity index (χ2v) is 7.62. The first-order chi connectivity index (χ1) is 13.1. The molecule has 0 spiro atoms. The highest BCUT2D eigenvalue weighted by molar-refractivity contribution is 7.18. The molecule has 0 fully saturated rings. The Kier molecular flexibility index (Phi) is 5.29. The van der Waals surface area contributed by atoms with Crippen LogP contribution in [-0.2, 0) is 22.1 Å². The van der Waals surface area contributed by atoms with Crippen molar-refractivity contribution < 1.29 is 22.7 Å². The number of alkyl halides is 3. The molecule has 0 saturated heterocycles. The Morgan fingerprint density at radius 2 is 2.04 bits per heavy atom. The summed E-state index contributed by atoms with van der Waals surface area (Å²) in [6, 6.07) is 4.51. The molecular weight excluding hydrogens is 393 g/mol. The fourth-order valence-electron chi connectivity index (χ4n) is 2.78. The lowest BCUT2D eigenvalue weighted by molar-refractivity contribution is -0.148. The first-order valence-corrected chi connectivity index (χ1v) is 9.23. The van der Waals surface area contributed by atoms with Gasteiger partial charge >= 0.3 is 12.1 Å². The van der Waals surface area contributed by atoms with Gasteiger partial charge < -0.3 is 9.72 Å². The van der Waals surface area contributed by atoms with Crippen LogP contribution in [0.3, 0.4) is 0 Å². The van der Waals surface area contributed by atoms with Gasteiger partial charge in [0, 0.05) is 4.88 Å². The fraction of sp³-hybridized carbons (Fsp3) is 0.316. The van der Waals surface area contributed by atoms with E-state index in [1.807, 2.05) is 13.8 Å². The van der Waals surface area contributed by atoms with Gasteiger partial charge in [0.05, 0.1) is 17.4 Å². The minimum absolute atomic E-state index is 0.188. The second kappa shape index (κ2) is 7.38. The van der Waals surface area contributed by atoms with Crippen LogP contribution in [0.1, 0.15) is 40.4 Å². The number of carbonyl (C=O) groups excluding carboxylic acids is 1. The second-order valence-electron chi connectivity index (χ2n) is 6.42. The van der Waals surface area contributed by atoms with Crippen LogP contribution in [-0.4, -0.2) is 15.9 Å². The van der Waals surface area contributed by atoms with Crippen molar-refractivity contribution in [1.82, 2.24) is 9.97 Å². The minimum Gasteiger partial charge on any atom is -0.454 e. The Balaban J connectivity index is 1.76. The predicted molar refractivity (Wildman–Crippen MR) is 99.4 cm³/mol. The van der Waals surface area contributed by atoms with E-state index in [0.29, 0.717) is 10.2 Å². The summed E-state index contributed by atoms with van der Waals surface area (Å²) in [5.41, 5.74) is -0.101. The number of fused-ring (bicyclic) bond motifs is 1. The maximum atomic E-state index is 12.8. The number of nitrogens with one attached hydrogen (secondary N) is 1. The van der Waals surface area contributed by atoms with Crippen LogP contribution in [0.2, 0.25) is 0 Å². The molecular formula is C19H17F3N2O3S. The highest BCUT2D eigenvalue weighted by Gasteiger charge is 2.30.